The van der Waals surface area contributed by atoms with Crippen LogP contribution in [0, 0.1) is 21.3 Å². The van der Waals surface area contributed by atoms with Gasteiger partial charge in [-0.1, -0.05) is 30.6 Å². The average molecular weight is 397 g/mol. The molecule has 0 N–H and O–H groups in total. The van der Waals surface area contributed by atoms with Crippen molar-refractivity contribution < 1.29 is 4.84 Å². The number of benzene rings is 1. The highest BCUT2D eigenvalue weighted by molar-refractivity contribution is 14.1. The normalized spacial score (nSPS) is 32.2. The van der Waals surface area contributed by atoms with Crippen molar-refractivity contribution in [2.45, 2.75) is 44.9 Å². The Bertz CT molecular complexity index is 510. The van der Waals surface area contributed by atoms with Crippen molar-refractivity contribution in [1.82, 2.24) is 0 Å². The quantitative estimate of drug-likeness (QED) is 0.388. The van der Waals surface area contributed by atoms with Crippen molar-refractivity contribution in [2.75, 3.05) is 7.11 Å². The van der Waals surface area contributed by atoms with E-state index in [4.69, 9.17) is 4.84 Å². The first-order valence-electron chi connectivity index (χ1n) is 8.08. The number of oxime groups is 1. The molecule has 2 saturated carbocycles. The zero-order valence-corrected chi connectivity index (χ0v) is 15.0. The summed E-state index contributed by atoms with van der Waals surface area (Å²) in [5.41, 5.74) is 2.76. The molecular weight excluding hydrogens is 373 g/mol. The summed E-state index contributed by atoms with van der Waals surface area (Å²) < 4.78 is 1.31. The second-order valence-electron chi connectivity index (χ2n) is 6.48. The lowest BCUT2D eigenvalue weighted by atomic mass is 9.67. The van der Waals surface area contributed by atoms with Gasteiger partial charge in [0.2, 0.25) is 0 Å². The molecule has 0 aliphatic heterocycles. The number of fused-ring (bicyclic) bond motifs is 2. The molecule has 3 rings (SSSR count). The first-order chi connectivity index (χ1) is 10.2. The predicted molar refractivity (Wildman–Crippen MR) is 95.6 cm³/mol. The molecule has 2 nitrogen and oxygen atoms in total. The van der Waals surface area contributed by atoms with Gasteiger partial charge >= 0.3 is 0 Å². The third-order valence-corrected chi connectivity index (χ3v) is 6.08. The Labute approximate surface area is 141 Å². The smallest absolute Gasteiger partial charge is 0.106 e. The van der Waals surface area contributed by atoms with Crippen molar-refractivity contribution in [3.63, 3.8) is 0 Å². The minimum atomic E-state index is 0.578. The van der Waals surface area contributed by atoms with Gasteiger partial charge in [-0.2, -0.15) is 0 Å². The number of halogens is 1. The Kier molecular flexibility index (Phi) is 4.87. The molecule has 0 saturated heterocycles. The van der Waals surface area contributed by atoms with Gasteiger partial charge in [0.05, 0.1) is 5.71 Å². The van der Waals surface area contributed by atoms with Crippen LogP contribution in [0.15, 0.2) is 29.4 Å². The monoisotopic (exact) mass is 397 g/mol. The standard InChI is InChI=1S/C18H24INO/c1-3-17(20-21-2)18-14-5-4-12(10-14)11-16(18)13-6-8-15(19)9-7-13/h6-9,12,14,16,18H,3-5,10-11H2,1-2H3/t12?,14-,16+,18-/m1/s1. The summed E-state index contributed by atoms with van der Waals surface area (Å²) >= 11 is 2.38. The van der Waals surface area contributed by atoms with Gasteiger partial charge < -0.3 is 4.84 Å². The fourth-order valence-corrected chi connectivity index (χ4v) is 4.88. The van der Waals surface area contributed by atoms with Gasteiger partial charge in [-0.3, -0.25) is 0 Å². The molecule has 2 aliphatic carbocycles. The van der Waals surface area contributed by atoms with E-state index >= 15 is 0 Å². The molecule has 114 valence electrons. The van der Waals surface area contributed by atoms with Crippen LogP contribution in [0.2, 0.25) is 0 Å². The molecule has 4 atom stereocenters. The molecular formula is C18H24INO. The van der Waals surface area contributed by atoms with Crippen LogP contribution < -0.4 is 0 Å². The maximum Gasteiger partial charge on any atom is 0.106 e. The maximum absolute atomic E-state index is 5.14. The lowest BCUT2D eigenvalue weighted by Crippen LogP contribution is -2.32. The van der Waals surface area contributed by atoms with E-state index in [-0.39, 0.29) is 0 Å². The predicted octanol–water partition coefficient (Wildman–Crippen LogP) is 5.22. The van der Waals surface area contributed by atoms with E-state index in [1.807, 2.05) is 0 Å². The first kappa shape index (κ1) is 15.3. The van der Waals surface area contributed by atoms with Crippen molar-refractivity contribution in [3.8, 4) is 0 Å². The topological polar surface area (TPSA) is 21.6 Å². The molecule has 0 amide bonds. The highest BCUT2D eigenvalue weighted by Gasteiger charge is 2.44. The Hall–Kier alpha value is -0.580. The lowest BCUT2D eigenvalue weighted by molar-refractivity contribution is 0.200. The van der Waals surface area contributed by atoms with Crippen LogP contribution >= 0.6 is 22.6 Å². The zero-order chi connectivity index (χ0) is 14.8. The average Bonchev–Trinajstić information content (AvgIpc) is 2.88. The Balaban J connectivity index is 1.95. The first-order valence-corrected chi connectivity index (χ1v) is 9.16. The molecule has 3 heteroatoms. The molecule has 1 unspecified atom stereocenters. The largest absolute Gasteiger partial charge is 0.399 e. The Morgan fingerprint density at radius 3 is 2.67 bits per heavy atom. The minimum Gasteiger partial charge on any atom is -0.399 e. The molecule has 0 spiro atoms. The highest BCUT2D eigenvalue weighted by Crippen LogP contribution is 2.52. The molecule has 0 radical (unpaired) electrons. The molecule has 21 heavy (non-hydrogen) atoms. The van der Waals surface area contributed by atoms with Crippen LogP contribution in [0.1, 0.15) is 50.5 Å². The SMILES string of the molecule is CCC(=NOC)[C@@H]1[C@@H]2CCC(C2)C[C@H]1c1ccc(I)cc1. The van der Waals surface area contributed by atoms with Crippen LogP contribution in [-0.4, -0.2) is 12.8 Å². The lowest BCUT2D eigenvalue weighted by Gasteiger charge is -2.37. The summed E-state index contributed by atoms with van der Waals surface area (Å²) in [6, 6.07) is 9.12. The van der Waals surface area contributed by atoms with Crippen molar-refractivity contribution in [1.29, 1.82) is 0 Å². The van der Waals surface area contributed by atoms with Crippen LogP contribution in [0.4, 0.5) is 0 Å². The van der Waals surface area contributed by atoms with Crippen LogP contribution in [0.25, 0.3) is 0 Å². The summed E-state index contributed by atoms with van der Waals surface area (Å²) in [4.78, 5) is 5.14. The number of nitrogens with zero attached hydrogens (tertiary/aromatic N) is 1. The van der Waals surface area contributed by atoms with Crippen molar-refractivity contribution in [3.05, 3.63) is 33.4 Å². The van der Waals surface area contributed by atoms with Gasteiger partial charge in [-0.15, -0.1) is 0 Å². The van der Waals surface area contributed by atoms with Crippen molar-refractivity contribution in [2.24, 2.45) is 22.9 Å². The van der Waals surface area contributed by atoms with E-state index in [1.54, 1.807) is 7.11 Å². The molecule has 2 fully saturated rings. The molecule has 0 aromatic heterocycles. The van der Waals surface area contributed by atoms with E-state index < -0.39 is 0 Å². The van der Waals surface area contributed by atoms with Gasteiger partial charge in [-0.25, -0.2) is 0 Å². The summed E-state index contributed by atoms with van der Waals surface area (Å²) in [5, 5.41) is 4.39. The second-order valence-corrected chi connectivity index (χ2v) is 7.72. The van der Waals surface area contributed by atoms with Crippen LogP contribution in [0.5, 0.6) is 0 Å². The molecule has 0 heterocycles. The third-order valence-electron chi connectivity index (χ3n) is 5.36. The molecule has 2 aliphatic rings. The molecule has 2 bridgehead atoms. The summed E-state index contributed by atoms with van der Waals surface area (Å²) in [6.45, 7) is 2.21. The van der Waals surface area contributed by atoms with Crippen LogP contribution in [-0.2, 0) is 4.84 Å². The van der Waals surface area contributed by atoms with Crippen molar-refractivity contribution >= 4 is 28.3 Å². The Morgan fingerprint density at radius 1 is 1.24 bits per heavy atom. The number of hydrogen-bond donors (Lipinski definition) is 0. The highest BCUT2D eigenvalue weighted by atomic mass is 127. The van der Waals surface area contributed by atoms with E-state index in [0.29, 0.717) is 11.8 Å². The van der Waals surface area contributed by atoms with E-state index in [0.717, 1.165) is 18.3 Å². The number of rotatable bonds is 4. The fraction of sp³-hybridized carbons (Fsp3) is 0.611. The van der Waals surface area contributed by atoms with Gasteiger partial charge in [0.15, 0.2) is 0 Å². The zero-order valence-electron chi connectivity index (χ0n) is 12.9. The maximum atomic E-state index is 5.14. The van der Waals surface area contributed by atoms with Gasteiger partial charge in [0, 0.05) is 9.49 Å². The molecule has 1 aromatic carbocycles. The minimum absolute atomic E-state index is 0.578. The fourth-order valence-electron chi connectivity index (χ4n) is 4.52. The number of hydrogen-bond acceptors (Lipinski definition) is 2. The van der Waals surface area contributed by atoms with Gasteiger partial charge in [0.1, 0.15) is 7.11 Å². The molecule has 1 aromatic rings. The van der Waals surface area contributed by atoms with E-state index in [9.17, 15) is 0 Å². The summed E-state index contributed by atoms with van der Waals surface area (Å²) in [6.07, 6.45) is 6.50. The van der Waals surface area contributed by atoms with E-state index in [1.165, 1.54) is 40.5 Å². The van der Waals surface area contributed by atoms with Gasteiger partial charge in [-0.05, 0) is 83.7 Å². The van der Waals surface area contributed by atoms with Crippen LogP contribution in [0.3, 0.4) is 0 Å². The third kappa shape index (κ3) is 3.13. The second kappa shape index (κ2) is 6.67. The summed E-state index contributed by atoms with van der Waals surface area (Å²) in [7, 11) is 1.68. The Morgan fingerprint density at radius 2 is 2.00 bits per heavy atom. The summed E-state index contributed by atoms with van der Waals surface area (Å²) in [5.74, 6) is 2.94. The van der Waals surface area contributed by atoms with Gasteiger partial charge in [0.25, 0.3) is 0 Å². The van der Waals surface area contributed by atoms with E-state index in [2.05, 4.69) is 58.9 Å².